The first-order chi connectivity index (χ1) is 5.31. The zero-order valence-corrected chi connectivity index (χ0v) is 7.69. The maximum atomic E-state index is 5.13. The summed E-state index contributed by atoms with van der Waals surface area (Å²) in [6, 6.07) is 0.654. The summed E-state index contributed by atoms with van der Waals surface area (Å²) in [5.41, 5.74) is 0. The van der Waals surface area contributed by atoms with Crippen LogP contribution in [-0.4, -0.2) is 13.1 Å². The molecule has 0 saturated heterocycles. The Morgan fingerprint density at radius 2 is 2.09 bits per heavy atom. The molecule has 0 spiro atoms. The van der Waals surface area contributed by atoms with Crippen molar-refractivity contribution in [1.29, 1.82) is 0 Å². The van der Waals surface area contributed by atoms with E-state index in [4.69, 9.17) is 6.42 Å². The third kappa shape index (κ3) is 7.42. The molecule has 0 heterocycles. The lowest BCUT2D eigenvalue weighted by Gasteiger charge is -2.08. The largest absolute Gasteiger partial charge is 0.317 e. The molecule has 0 aliphatic rings. The number of nitrogens with one attached hydrogen (secondary N) is 1. The van der Waals surface area contributed by atoms with Gasteiger partial charge < -0.3 is 5.32 Å². The summed E-state index contributed by atoms with van der Waals surface area (Å²) in [4.78, 5) is 0. The van der Waals surface area contributed by atoms with E-state index < -0.39 is 0 Å². The molecule has 0 fully saturated rings. The summed E-state index contributed by atoms with van der Waals surface area (Å²) < 4.78 is 0. The molecule has 1 nitrogen and oxygen atoms in total. The Morgan fingerprint density at radius 3 is 2.64 bits per heavy atom. The molecular formula is C10H19N. The molecular weight excluding hydrogens is 134 g/mol. The minimum absolute atomic E-state index is 0.654. The summed E-state index contributed by atoms with van der Waals surface area (Å²) >= 11 is 0. The van der Waals surface area contributed by atoms with Gasteiger partial charge in [0, 0.05) is 12.5 Å². The van der Waals surface area contributed by atoms with Gasteiger partial charge in [0.25, 0.3) is 0 Å². The number of unbranched alkanes of at least 4 members (excludes halogenated alkanes) is 3. The fourth-order valence-electron chi connectivity index (χ4n) is 0.999. The topological polar surface area (TPSA) is 12.0 Å². The van der Waals surface area contributed by atoms with E-state index in [0.717, 1.165) is 6.42 Å². The van der Waals surface area contributed by atoms with Crippen molar-refractivity contribution in [3.63, 3.8) is 0 Å². The van der Waals surface area contributed by atoms with E-state index in [9.17, 15) is 0 Å². The standard InChI is InChI=1S/C10H19N/c1-4-5-6-7-8-9-10(2)11-3/h1,10-11H,5-9H2,2-3H3. The molecule has 1 unspecified atom stereocenters. The third-order valence-electron chi connectivity index (χ3n) is 1.95. The second kappa shape index (κ2) is 7.63. The van der Waals surface area contributed by atoms with Crippen LogP contribution in [0, 0.1) is 12.3 Å². The highest BCUT2D eigenvalue weighted by Gasteiger charge is 1.95. The second-order valence-corrected chi connectivity index (χ2v) is 2.99. The molecule has 0 aliphatic heterocycles. The average molecular weight is 153 g/mol. The van der Waals surface area contributed by atoms with Crippen molar-refractivity contribution in [3.8, 4) is 12.3 Å². The van der Waals surface area contributed by atoms with Gasteiger partial charge in [-0.1, -0.05) is 12.8 Å². The Kier molecular flexibility index (Phi) is 7.29. The van der Waals surface area contributed by atoms with Crippen LogP contribution in [0.1, 0.15) is 39.0 Å². The highest BCUT2D eigenvalue weighted by Crippen LogP contribution is 2.04. The minimum Gasteiger partial charge on any atom is -0.317 e. The monoisotopic (exact) mass is 153 g/mol. The molecule has 1 atom stereocenters. The molecule has 1 heteroatoms. The number of rotatable bonds is 6. The molecule has 64 valence electrons. The van der Waals surface area contributed by atoms with Crippen LogP contribution in [0.5, 0.6) is 0 Å². The Balaban J connectivity index is 2.97. The molecule has 0 amide bonds. The van der Waals surface area contributed by atoms with Gasteiger partial charge in [0.15, 0.2) is 0 Å². The molecule has 0 aromatic carbocycles. The van der Waals surface area contributed by atoms with Gasteiger partial charge in [-0.2, -0.15) is 0 Å². The SMILES string of the molecule is C#CCCCCCC(C)NC. The zero-order chi connectivity index (χ0) is 8.53. The predicted octanol–water partition coefficient (Wildman–Crippen LogP) is 2.18. The Morgan fingerprint density at radius 1 is 1.36 bits per heavy atom. The lowest BCUT2D eigenvalue weighted by Crippen LogP contribution is -2.20. The molecule has 1 N–H and O–H groups in total. The Bertz CT molecular complexity index is 113. The lowest BCUT2D eigenvalue weighted by atomic mass is 10.1. The zero-order valence-electron chi connectivity index (χ0n) is 7.69. The van der Waals surface area contributed by atoms with Gasteiger partial charge in [-0.15, -0.1) is 12.3 Å². The first-order valence-electron chi connectivity index (χ1n) is 4.42. The summed E-state index contributed by atoms with van der Waals surface area (Å²) in [5, 5.41) is 3.22. The van der Waals surface area contributed by atoms with Crippen molar-refractivity contribution < 1.29 is 0 Å². The van der Waals surface area contributed by atoms with Crippen LogP contribution >= 0.6 is 0 Å². The van der Waals surface area contributed by atoms with Crippen molar-refractivity contribution >= 4 is 0 Å². The predicted molar refractivity (Wildman–Crippen MR) is 50.4 cm³/mol. The summed E-state index contributed by atoms with van der Waals surface area (Å²) in [6.45, 7) is 2.21. The number of terminal acetylenes is 1. The quantitative estimate of drug-likeness (QED) is 0.455. The molecule has 0 radical (unpaired) electrons. The van der Waals surface area contributed by atoms with Gasteiger partial charge in [-0.3, -0.25) is 0 Å². The molecule has 0 rings (SSSR count). The Hall–Kier alpha value is -0.480. The van der Waals surface area contributed by atoms with E-state index in [-0.39, 0.29) is 0 Å². The van der Waals surface area contributed by atoms with Crippen LogP contribution in [0.25, 0.3) is 0 Å². The van der Waals surface area contributed by atoms with Crippen LogP contribution in [0.15, 0.2) is 0 Å². The van der Waals surface area contributed by atoms with Crippen molar-refractivity contribution in [2.45, 2.75) is 45.1 Å². The number of hydrogen-bond acceptors (Lipinski definition) is 1. The van der Waals surface area contributed by atoms with Gasteiger partial charge in [-0.25, -0.2) is 0 Å². The maximum absolute atomic E-state index is 5.13. The highest BCUT2D eigenvalue weighted by molar-refractivity contribution is 4.82. The smallest absolute Gasteiger partial charge is 0.00860 e. The Labute approximate surface area is 70.6 Å². The van der Waals surface area contributed by atoms with Crippen LogP contribution in [-0.2, 0) is 0 Å². The van der Waals surface area contributed by atoms with E-state index >= 15 is 0 Å². The molecule has 0 bridgehead atoms. The van der Waals surface area contributed by atoms with Gasteiger partial charge >= 0.3 is 0 Å². The second-order valence-electron chi connectivity index (χ2n) is 2.99. The van der Waals surface area contributed by atoms with E-state index in [1.54, 1.807) is 0 Å². The molecule has 11 heavy (non-hydrogen) atoms. The molecule has 0 saturated carbocycles. The van der Waals surface area contributed by atoms with Gasteiger partial charge in [0.2, 0.25) is 0 Å². The number of hydrogen-bond donors (Lipinski definition) is 1. The van der Waals surface area contributed by atoms with Crippen LogP contribution in [0.4, 0.5) is 0 Å². The fraction of sp³-hybridized carbons (Fsp3) is 0.800. The normalized spacial score (nSPS) is 12.5. The highest BCUT2D eigenvalue weighted by atomic mass is 14.8. The first-order valence-corrected chi connectivity index (χ1v) is 4.42. The van der Waals surface area contributed by atoms with E-state index in [1.165, 1.54) is 25.7 Å². The van der Waals surface area contributed by atoms with Crippen molar-refractivity contribution in [3.05, 3.63) is 0 Å². The van der Waals surface area contributed by atoms with Gasteiger partial charge in [0.05, 0.1) is 0 Å². The molecule has 0 aliphatic carbocycles. The summed E-state index contributed by atoms with van der Waals surface area (Å²) in [7, 11) is 2.01. The summed E-state index contributed by atoms with van der Waals surface area (Å²) in [5.74, 6) is 2.65. The van der Waals surface area contributed by atoms with Crippen LogP contribution in [0.3, 0.4) is 0 Å². The van der Waals surface area contributed by atoms with E-state index in [1.807, 2.05) is 7.05 Å². The van der Waals surface area contributed by atoms with E-state index in [2.05, 4.69) is 18.2 Å². The van der Waals surface area contributed by atoms with Crippen molar-refractivity contribution in [2.75, 3.05) is 7.05 Å². The maximum Gasteiger partial charge on any atom is 0.00860 e. The third-order valence-corrected chi connectivity index (χ3v) is 1.95. The van der Waals surface area contributed by atoms with Crippen LogP contribution in [0.2, 0.25) is 0 Å². The fourth-order valence-corrected chi connectivity index (χ4v) is 0.999. The molecule has 0 aromatic rings. The van der Waals surface area contributed by atoms with Crippen molar-refractivity contribution in [2.24, 2.45) is 0 Å². The lowest BCUT2D eigenvalue weighted by molar-refractivity contribution is 0.522. The first kappa shape index (κ1) is 10.5. The van der Waals surface area contributed by atoms with E-state index in [0.29, 0.717) is 6.04 Å². The molecule has 0 aromatic heterocycles. The van der Waals surface area contributed by atoms with Crippen LogP contribution < -0.4 is 5.32 Å². The minimum atomic E-state index is 0.654. The summed E-state index contributed by atoms with van der Waals surface area (Å²) in [6.07, 6.45) is 11.1. The van der Waals surface area contributed by atoms with Gasteiger partial charge in [0.1, 0.15) is 0 Å². The van der Waals surface area contributed by atoms with Crippen molar-refractivity contribution in [1.82, 2.24) is 5.32 Å². The average Bonchev–Trinajstić information content (AvgIpc) is 2.04. The van der Waals surface area contributed by atoms with Gasteiger partial charge in [-0.05, 0) is 26.8 Å².